The van der Waals surface area contributed by atoms with Gasteiger partial charge >= 0.3 is 0 Å². The van der Waals surface area contributed by atoms with Crippen LogP contribution in [0.15, 0.2) is 12.3 Å². The monoisotopic (exact) mass is 249 g/mol. The molecule has 100 valence electrons. The molecule has 5 heteroatoms. The first kappa shape index (κ1) is 13.1. The molecule has 1 saturated carbocycles. The second-order valence-electron chi connectivity index (χ2n) is 5.31. The van der Waals surface area contributed by atoms with Gasteiger partial charge in [0.15, 0.2) is 0 Å². The van der Waals surface area contributed by atoms with Crippen LogP contribution in [0.5, 0.6) is 0 Å². The molecule has 2 atom stereocenters. The van der Waals surface area contributed by atoms with Crippen LogP contribution in [0.4, 0.5) is 11.8 Å². The minimum atomic E-state index is 0.383. The third-order valence-corrected chi connectivity index (χ3v) is 3.44. The molecule has 1 aliphatic rings. The number of rotatable bonds is 4. The van der Waals surface area contributed by atoms with Crippen LogP contribution in [0, 0.1) is 5.92 Å². The summed E-state index contributed by atoms with van der Waals surface area (Å²) >= 11 is 0. The van der Waals surface area contributed by atoms with Crippen molar-refractivity contribution in [1.82, 2.24) is 9.97 Å². The highest BCUT2D eigenvalue weighted by atomic mass is 15.2. The lowest BCUT2D eigenvalue weighted by Gasteiger charge is -2.26. The molecule has 1 aliphatic carbocycles. The third-order valence-electron chi connectivity index (χ3n) is 3.44. The van der Waals surface area contributed by atoms with E-state index in [1.165, 1.54) is 19.3 Å². The fourth-order valence-electron chi connectivity index (χ4n) is 2.43. The van der Waals surface area contributed by atoms with Crippen LogP contribution in [-0.4, -0.2) is 36.6 Å². The Bertz CT molecular complexity index is 379. The number of hydrogen-bond donors (Lipinski definition) is 2. The van der Waals surface area contributed by atoms with Crippen LogP contribution < -0.4 is 16.0 Å². The van der Waals surface area contributed by atoms with Gasteiger partial charge in [0, 0.05) is 32.9 Å². The first-order valence-electron chi connectivity index (χ1n) is 6.65. The molecule has 1 aromatic rings. The molecular weight excluding hydrogens is 226 g/mol. The van der Waals surface area contributed by atoms with Crippen molar-refractivity contribution in [2.45, 2.75) is 31.7 Å². The molecule has 0 aromatic carbocycles. The fraction of sp³-hybridized carbons (Fsp3) is 0.692. The molecule has 0 amide bonds. The zero-order valence-electron chi connectivity index (χ0n) is 11.3. The zero-order chi connectivity index (χ0) is 13.0. The van der Waals surface area contributed by atoms with E-state index in [9.17, 15) is 0 Å². The van der Waals surface area contributed by atoms with Gasteiger partial charge in [-0.3, -0.25) is 0 Å². The van der Waals surface area contributed by atoms with Crippen molar-refractivity contribution in [2.24, 2.45) is 11.7 Å². The first-order valence-corrected chi connectivity index (χ1v) is 6.65. The van der Waals surface area contributed by atoms with Crippen molar-refractivity contribution in [3.8, 4) is 0 Å². The van der Waals surface area contributed by atoms with E-state index < -0.39 is 0 Å². The van der Waals surface area contributed by atoms with Gasteiger partial charge in [0.05, 0.1) is 0 Å². The maximum absolute atomic E-state index is 6.00. The lowest BCUT2D eigenvalue weighted by molar-refractivity contribution is 0.335. The highest BCUT2D eigenvalue weighted by molar-refractivity contribution is 5.40. The van der Waals surface area contributed by atoms with Gasteiger partial charge in [-0.05, 0) is 31.2 Å². The molecule has 3 N–H and O–H groups in total. The molecule has 1 fully saturated rings. The normalized spacial score (nSPS) is 23.7. The molecule has 5 nitrogen and oxygen atoms in total. The lowest BCUT2D eigenvalue weighted by atomic mass is 9.86. The van der Waals surface area contributed by atoms with Crippen LogP contribution in [-0.2, 0) is 0 Å². The van der Waals surface area contributed by atoms with Gasteiger partial charge in [0.2, 0.25) is 5.95 Å². The van der Waals surface area contributed by atoms with Gasteiger partial charge < -0.3 is 16.0 Å². The van der Waals surface area contributed by atoms with Crippen molar-refractivity contribution in [3.05, 3.63) is 12.3 Å². The molecule has 1 heterocycles. The van der Waals surface area contributed by atoms with Gasteiger partial charge in [-0.25, -0.2) is 4.98 Å². The smallest absolute Gasteiger partial charge is 0.226 e. The molecule has 0 spiro atoms. The number of anilines is 2. The highest BCUT2D eigenvalue weighted by Gasteiger charge is 2.18. The van der Waals surface area contributed by atoms with Crippen molar-refractivity contribution in [1.29, 1.82) is 0 Å². The standard InChI is InChI=1S/C13H23N5/c1-18(2)13-15-7-6-12(17-13)16-9-10-4-3-5-11(14)8-10/h6-7,10-11H,3-5,8-9,14H2,1-2H3,(H,15,16,17). The van der Waals surface area contributed by atoms with E-state index in [0.717, 1.165) is 24.7 Å². The molecular formula is C13H23N5. The summed E-state index contributed by atoms with van der Waals surface area (Å²) in [4.78, 5) is 10.6. The van der Waals surface area contributed by atoms with Gasteiger partial charge in [0.25, 0.3) is 0 Å². The fourth-order valence-corrected chi connectivity index (χ4v) is 2.43. The summed E-state index contributed by atoms with van der Waals surface area (Å²) in [6.45, 7) is 0.956. The number of aromatic nitrogens is 2. The van der Waals surface area contributed by atoms with E-state index in [-0.39, 0.29) is 0 Å². The quantitative estimate of drug-likeness (QED) is 0.846. The predicted molar refractivity (Wildman–Crippen MR) is 74.8 cm³/mol. The topological polar surface area (TPSA) is 67.1 Å². The Morgan fingerprint density at radius 2 is 2.28 bits per heavy atom. The third kappa shape index (κ3) is 3.57. The first-order chi connectivity index (χ1) is 8.65. The van der Waals surface area contributed by atoms with E-state index in [0.29, 0.717) is 12.0 Å². The Balaban J connectivity index is 1.87. The van der Waals surface area contributed by atoms with Crippen LogP contribution in [0.1, 0.15) is 25.7 Å². The predicted octanol–water partition coefficient (Wildman–Crippen LogP) is 1.47. The van der Waals surface area contributed by atoms with Crippen molar-refractivity contribution in [2.75, 3.05) is 30.9 Å². The van der Waals surface area contributed by atoms with Gasteiger partial charge in [-0.2, -0.15) is 4.98 Å². The minimum absolute atomic E-state index is 0.383. The summed E-state index contributed by atoms with van der Waals surface area (Å²) in [6, 6.07) is 2.30. The SMILES string of the molecule is CN(C)c1nccc(NCC2CCCC(N)C2)n1. The maximum atomic E-state index is 6.00. The summed E-state index contributed by atoms with van der Waals surface area (Å²) < 4.78 is 0. The Labute approximate surface area is 109 Å². The number of hydrogen-bond acceptors (Lipinski definition) is 5. The summed E-state index contributed by atoms with van der Waals surface area (Å²) in [5.41, 5.74) is 6.00. The Morgan fingerprint density at radius 3 is 3.00 bits per heavy atom. The molecule has 2 unspecified atom stereocenters. The van der Waals surface area contributed by atoms with E-state index in [1.54, 1.807) is 6.20 Å². The maximum Gasteiger partial charge on any atom is 0.226 e. The average molecular weight is 249 g/mol. The van der Waals surface area contributed by atoms with Crippen molar-refractivity contribution >= 4 is 11.8 Å². The van der Waals surface area contributed by atoms with E-state index in [1.807, 2.05) is 25.1 Å². The number of nitrogens with two attached hydrogens (primary N) is 1. The Kier molecular flexibility index (Phi) is 4.36. The van der Waals surface area contributed by atoms with Crippen LogP contribution >= 0.6 is 0 Å². The number of nitrogens with one attached hydrogen (secondary N) is 1. The van der Waals surface area contributed by atoms with Crippen molar-refractivity contribution < 1.29 is 0 Å². The summed E-state index contributed by atoms with van der Waals surface area (Å²) in [5.74, 6) is 2.31. The molecule has 0 aliphatic heterocycles. The molecule has 0 radical (unpaired) electrons. The average Bonchev–Trinajstić information content (AvgIpc) is 2.37. The Hall–Kier alpha value is -1.36. The van der Waals surface area contributed by atoms with Crippen LogP contribution in [0.25, 0.3) is 0 Å². The second-order valence-corrected chi connectivity index (χ2v) is 5.31. The molecule has 2 rings (SSSR count). The molecule has 18 heavy (non-hydrogen) atoms. The number of nitrogens with zero attached hydrogens (tertiary/aromatic N) is 3. The van der Waals surface area contributed by atoms with Gasteiger partial charge in [-0.1, -0.05) is 6.42 Å². The zero-order valence-corrected chi connectivity index (χ0v) is 11.3. The van der Waals surface area contributed by atoms with E-state index in [2.05, 4.69) is 15.3 Å². The van der Waals surface area contributed by atoms with Crippen molar-refractivity contribution in [3.63, 3.8) is 0 Å². The Morgan fingerprint density at radius 1 is 1.44 bits per heavy atom. The molecule has 0 saturated heterocycles. The van der Waals surface area contributed by atoms with E-state index in [4.69, 9.17) is 5.73 Å². The summed E-state index contributed by atoms with van der Waals surface area (Å²) in [6.07, 6.45) is 6.61. The van der Waals surface area contributed by atoms with Gasteiger partial charge in [-0.15, -0.1) is 0 Å². The van der Waals surface area contributed by atoms with E-state index >= 15 is 0 Å². The summed E-state index contributed by atoms with van der Waals surface area (Å²) in [7, 11) is 3.89. The van der Waals surface area contributed by atoms with Crippen LogP contribution in [0.3, 0.4) is 0 Å². The largest absolute Gasteiger partial charge is 0.370 e. The molecule has 1 aromatic heterocycles. The van der Waals surface area contributed by atoms with Gasteiger partial charge in [0.1, 0.15) is 5.82 Å². The minimum Gasteiger partial charge on any atom is -0.370 e. The van der Waals surface area contributed by atoms with Crippen LogP contribution in [0.2, 0.25) is 0 Å². The highest BCUT2D eigenvalue weighted by Crippen LogP contribution is 2.23. The lowest BCUT2D eigenvalue weighted by Crippen LogP contribution is -2.31. The summed E-state index contributed by atoms with van der Waals surface area (Å²) in [5, 5.41) is 3.40. The molecule has 0 bridgehead atoms. The second kappa shape index (κ2) is 6.00.